The Labute approximate surface area is 137 Å². The van der Waals surface area contributed by atoms with Crippen molar-refractivity contribution in [2.45, 2.75) is 19.6 Å². The Morgan fingerprint density at radius 1 is 1.17 bits per heavy atom. The van der Waals surface area contributed by atoms with E-state index in [-0.39, 0.29) is 0 Å². The molecule has 0 unspecified atom stereocenters. The van der Waals surface area contributed by atoms with Crippen LogP contribution < -0.4 is 4.90 Å². The Hall–Kier alpha value is -1.60. The molecule has 1 aromatic heterocycles. The molecule has 0 spiro atoms. The summed E-state index contributed by atoms with van der Waals surface area (Å²) in [7, 11) is 0. The lowest BCUT2D eigenvalue weighted by atomic mass is 10.1. The number of hydrogen-bond donors (Lipinski definition) is 0. The van der Waals surface area contributed by atoms with Gasteiger partial charge >= 0.3 is 6.18 Å². The van der Waals surface area contributed by atoms with Crippen LogP contribution in [-0.2, 0) is 12.7 Å². The maximum Gasteiger partial charge on any atom is 0.416 e. The predicted molar refractivity (Wildman–Crippen MR) is 85.8 cm³/mol. The van der Waals surface area contributed by atoms with Crippen molar-refractivity contribution in [3.63, 3.8) is 0 Å². The summed E-state index contributed by atoms with van der Waals surface area (Å²) < 4.78 is 38.4. The van der Waals surface area contributed by atoms with Gasteiger partial charge in [-0.15, -0.1) is 11.3 Å². The Bertz CT molecular complexity index is 661. The maximum absolute atomic E-state index is 12.8. The first kappa shape index (κ1) is 16.3. The number of hydrogen-bond acceptors (Lipinski definition) is 4. The number of piperazine rings is 1. The highest BCUT2D eigenvalue weighted by Crippen LogP contribution is 2.31. The molecule has 0 bridgehead atoms. The van der Waals surface area contributed by atoms with Gasteiger partial charge in [0.05, 0.1) is 16.3 Å². The Kier molecular flexibility index (Phi) is 4.59. The van der Waals surface area contributed by atoms with E-state index in [0.29, 0.717) is 5.69 Å². The van der Waals surface area contributed by atoms with E-state index in [1.807, 2.05) is 11.8 Å². The second-order valence-corrected chi connectivity index (χ2v) is 6.73. The van der Waals surface area contributed by atoms with Gasteiger partial charge < -0.3 is 4.90 Å². The van der Waals surface area contributed by atoms with Crippen LogP contribution >= 0.6 is 11.3 Å². The minimum absolute atomic E-state index is 0.588. The summed E-state index contributed by atoms with van der Waals surface area (Å²) in [4.78, 5) is 8.76. The first-order valence-corrected chi connectivity index (χ1v) is 8.35. The number of halogens is 3. The second kappa shape index (κ2) is 6.49. The van der Waals surface area contributed by atoms with Gasteiger partial charge in [-0.2, -0.15) is 13.2 Å². The van der Waals surface area contributed by atoms with Crippen LogP contribution in [0.2, 0.25) is 0 Å². The third kappa shape index (κ3) is 4.03. The van der Waals surface area contributed by atoms with Crippen molar-refractivity contribution in [2.24, 2.45) is 0 Å². The summed E-state index contributed by atoms with van der Waals surface area (Å²) in [5, 5.41) is 3.12. The number of benzene rings is 1. The summed E-state index contributed by atoms with van der Waals surface area (Å²) in [6.45, 7) is 5.90. The average Bonchev–Trinajstić information content (AvgIpc) is 2.92. The van der Waals surface area contributed by atoms with Crippen LogP contribution in [0.25, 0.3) is 0 Å². The first-order valence-electron chi connectivity index (χ1n) is 7.47. The Morgan fingerprint density at radius 3 is 2.52 bits per heavy atom. The Morgan fingerprint density at radius 2 is 1.91 bits per heavy atom. The van der Waals surface area contributed by atoms with Crippen molar-refractivity contribution in [2.75, 3.05) is 31.1 Å². The summed E-state index contributed by atoms with van der Waals surface area (Å²) in [5.74, 6) is 0. The topological polar surface area (TPSA) is 19.4 Å². The quantitative estimate of drug-likeness (QED) is 0.847. The molecule has 3 nitrogen and oxygen atoms in total. The standard InChI is InChI=1S/C16H18F3N3S/c1-12-20-14(11-23-12)10-21-5-7-22(8-6-21)15-4-2-3-13(9-15)16(17,18)19/h2-4,9,11H,5-8,10H2,1H3. The zero-order valence-corrected chi connectivity index (χ0v) is 13.6. The zero-order valence-electron chi connectivity index (χ0n) is 12.8. The summed E-state index contributed by atoms with van der Waals surface area (Å²) in [6, 6.07) is 5.57. The van der Waals surface area contributed by atoms with Crippen LogP contribution in [0, 0.1) is 6.92 Å². The molecule has 1 aliphatic heterocycles. The molecule has 2 heterocycles. The van der Waals surface area contributed by atoms with E-state index in [0.717, 1.165) is 49.5 Å². The smallest absolute Gasteiger partial charge is 0.369 e. The van der Waals surface area contributed by atoms with Crippen molar-refractivity contribution < 1.29 is 13.2 Å². The SMILES string of the molecule is Cc1nc(CN2CCN(c3cccc(C(F)(F)F)c3)CC2)cs1. The van der Waals surface area contributed by atoms with Gasteiger partial charge in [-0.05, 0) is 25.1 Å². The monoisotopic (exact) mass is 341 g/mol. The van der Waals surface area contributed by atoms with Gasteiger partial charge in [0, 0.05) is 43.8 Å². The van der Waals surface area contributed by atoms with Crippen LogP contribution in [-0.4, -0.2) is 36.1 Å². The summed E-state index contributed by atoms with van der Waals surface area (Å²) in [6.07, 6.45) is -4.29. The van der Waals surface area contributed by atoms with E-state index in [1.54, 1.807) is 17.4 Å². The largest absolute Gasteiger partial charge is 0.416 e. The molecule has 0 atom stereocenters. The van der Waals surface area contributed by atoms with Crippen LogP contribution in [0.15, 0.2) is 29.6 Å². The molecule has 1 aromatic carbocycles. The zero-order chi connectivity index (χ0) is 16.4. The van der Waals surface area contributed by atoms with Gasteiger partial charge in [-0.25, -0.2) is 4.98 Å². The first-order chi connectivity index (χ1) is 10.9. The van der Waals surface area contributed by atoms with E-state index in [2.05, 4.69) is 15.3 Å². The molecule has 2 aromatic rings. The highest BCUT2D eigenvalue weighted by molar-refractivity contribution is 7.09. The molecular formula is C16H18F3N3S. The molecule has 0 amide bonds. The van der Waals surface area contributed by atoms with Crippen LogP contribution in [0.3, 0.4) is 0 Å². The molecule has 124 valence electrons. The molecular weight excluding hydrogens is 323 g/mol. The van der Waals surface area contributed by atoms with E-state index in [9.17, 15) is 13.2 Å². The second-order valence-electron chi connectivity index (χ2n) is 5.67. The Balaban J connectivity index is 1.60. The van der Waals surface area contributed by atoms with Crippen LogP contribution in [0.4, 0.5) is 18.9 Å². The van der Waals surface area contributed by atoms with Crippen molar-refractivity contribution in [1.82, 2.24) is 9.88 Å². The normalized spacial score (nSPS) is 16.8. The van der Waals surface area contributed by atoms with Gasteiger partial charge in [-0.3, -0.25) is 4.90 Å². The molecule has 0 N–H and O–H groups in total. The lowest BCUT2D eigenvalue weighted by molar-refractivity contribution is -0.137. The van der Waals surface area contributed by atoms with E-state index in [1.165, 1.54) is 12.1 Å². The molecule has 0 aliphatic carbocycles. The fourth-order valence-corrected chi connectivity index (χ4v) is 3.36. The number of alkyl halides is 3. The number of rotatable bonds is 3. The van der Waals surface area contributed by atoms with Gasteiger partial charge in [0.25, 0.3) is 0 Å². The fraction of sp³-hybridized carbons (Fsp3) is 0.438. The predicted octanol–water partition coefficient (Wildman–Crippen LogP) is 3.79. The third-order valence-corrected chi connectivity index (χ3v) is 4.79. The van der Waals surface area contributed by atoms with Gasteiger partial charge in [0.1, 0.15) is 0 Å². The highest BCUT2D eigenvalue weighted by Gasteiger charge is 2.31. The minimum Gasteiger partial charge on any atom is -0.369 e. The number of aryl methyl sites for hydroxylation is 1. The van der Waals surface area contributed by atoms with E-state index in [4.69, 9.17) is 0 Å². The minimum atomic E-state index is -4.29. The average molecular weight is 341 g/mol. The lowest BCUT2D eigenvalue weighted by Gasteiger charge is -2.36. The summed E-state index contributed by atoms with van der Waals surface area (Å²) in [5.41, 5.74) is 1.12. The molecule has 0 saturated carbocycles. The van der Waals surface area contributed by atoms with Crippen LogP contribution in [0.1, 0.15) is 16.3 Å². The number of nitrogens with zero attached hydrogens (tertiary/aromatic N) is 3. The number of anilines is 1. The molecule has 7 heteroatoms. The van der Waals surface area contributed by atoms with Gasteiger partial charge in [0.2, 0.25) is 0 Å². The van der Waals surface area contributed by atoms with Gasteiger partial charge in [-0.1, -0.05) is 6.07 Å². The fourth-order valence-electron chi connectivity index (χ4n) is 2.75. The van der Waals surface area contributed by atoms with Gasteiger partial charge in [0.15, 0.2) is 0 Å². The van der Waals surface area contributed by atoms with Crippen molar-refractivity contribution >= 4 is 17.0 Å². The van der Waals surface area contributed by atoms with Crippen LogP contribution in [0.5, 0.6) is 0 Å². The molecule has 1 saturated heterocycles. The molecule has 1 aliphatic rings. The maximum atomic E-state index is 12.8. The van der Waals surface area contributed by atoms with Crippen molar-refractivity contribution in [3.8, 4) is 0 Å². The van der Waals surface area contributed by atoms with Crippen molar-refractivity contribution in [1.29, 1.82) is 0 Å². The highest BCUT2D eigenvalue weighted by atomic mass is 32.1. The third-order valence-electron chi connectivity index (χ3n) is 3.96. The molecule has 1 fully saturated rings. The molecule has 0 radical (unpaired) electrons. The van der Waals surface area contributed by atoms with E-state index >= 15 is 0 Å². The van der Waals surface area contributed by atoms with Crippen molar-refractivity contribution in [3.05, 3.63) is 45.9 Å². The van der Waals surface area contributed by atoms with E-state index < -0.39 is 11.7 Å². The number of aromatic nitrogens is 1. The molecule has 3 rings (SSSR count). The molecule has 23 heavy (non-hydrogen) atoms. The lowest BCUT2D eigenvalue weighted by Crippen LogP contribution is -2.46. The number of thiazole rings is 1. The summed E-state index contributed by atoms with van der Waals surface area (Å²) >= 11 is 1.64.